The number of thiophene rings is 1. The maximum absolute atomic E-state index is 12.9. The van der Waals surface area contributed by atoms with E-state index in [2.05, 4.69) is 12.2 Å². The van der Waals surface area contributed by atoms with Crippen LogP contribution in [-0.2, 0) is 9.84 Å². The van der Waals surface area contributed by atoms with Crippen LogP contribution in [0.25, 0.3) is 0 Å². The molecule has 4 nitrogen and oxygen atoms in total. The summed E-state index contributed by atoms with van der Waals surface area (Å²) >= 11 is 2.72. The molecule has 1 saturated carbocycles. The fourth-order valence-corrected chi connectivity index (χ4v) is 7.94. The van der Waals surface area contributed by atoms with Gasteiger partial charge >= 0.3 is 0 Å². The predicted octanol–water partition coefficient (Wildman–Crippen LogP) is 4.91. The second kappa shape index (κ2) is 9.11. The molecule has 1 aromatic rings. The molecule has 26 heavy (non-hydrogen) atoms. The third kappa shape index (κ3) is 4.65. The first-order chi connectivity index (χ1) is 12.2. The molecule has 1 amide bonds. The molecule has 2 rings (SSSR count). The van der Waals surface area contributed by atoms with E-state index in [1.165, 1.54) is 35.9 Å². The Balaban J connectivity index is 2.18. The van der Waals surface area contributed by atoms with Crippen molar-refractivity contribution in [2.75, 3.05) is 12.8 Å². The highest BCUT2D eigenvalue weighted by molar-refractivity contribution is 8.01. The van der Waals surface area contributed by atoms with Crippen LogP contribution < -0.4 is 5.32 Å². The van der Waals surface area contributed by atoms with Gasteiger partial charge in [0.25, 0.3) is 5.91 Å². The summed E-state index contributed by atoms with van der Waals surface area (Å²) in [7, 11) is -3.41. The van der Waals surface area contributed by atoms with E-state index in [-0.39, 0.29) is 5.91 Å². The highest BCUT2D eigenvalue weighted by atomic mass is 32.2. The molecule has 1 atom stereocenters. The van der Waals surface area contributed by atoms with Gasteiger partial charge in [0.2, 0.25) is 0 Å². The fraction of sp³-hybridized carbons (Fsp3) is 0.737. The van der Waals surface area contributed by atoms with E-state index in [4.69, 9.17) is 0 Å². The van der Waals surface area contributed by atoms with Gasteiger partial charge in [-0.1, -0.05) is 26.7 Å². The summed E-state index contributed by atoms with van der Waals surface area (Å²) in [5.41, 5.74) is 0.606. The van der Waals surface area contributed by atoms with Crippen molar-refractivity contribution in [1.29, 1.82) is 0 Å². The van der Waals surface area contributed by atoms with Crippen molar-refractivity contribution >= 4 is 38.8 Å². The molecule has 0 spiro atoms. The van der Waals surface area contributed by atoms with Crippen molar-refractivity contribution in [3.05, 3.63) is 10.4 Å². The average Bonchev–Trinajstić information content (AvgIpc) is 2.97. The van der Waals surface area contributed by atoms with Crippen LogP contribution in [0, 0.1) is 18.8 Å². The Bertz CT molecular complexity index is 731. The van der Waals surface area contributed by atoms with Crippen molar-refractivity contribution in [1.82, 2.24) is 5.32 Å². The SMILES string of the molecule is CCC(C)S(=O)(=O)c1c(SC)sc(C(=O)NCC2CCC(C)CC2)c1C. The van der Waals surface area contributed by atoms with Crippen molar-refractivity contribution in [2.45, 2.75) is 74.2 Å². The zero-order valence-electron chi connectivity index (χ0n) is 16.4. The Morgan fingerprint density at radius 3 is 2.46 bits per heavy atom. The minimum Gasteiger partial charge on any atom is -0.351 e. The van der Waals surface area contributed by atoms with Gasteiger partial charge < -0.3 is 5.32 Å². The zero-order valence-corrected chi connectivity index (χ0v) is 18.9. The number of amides is 1. The summed E-state index contributed by atoms with van der Waals surface area (Å²) in [4.78, 5) is 13.6. The molecule has 0 bridgehead atoms. The lowest BCUT2D eigenvalue weighted by atomic mass is 9.83. The molecule has 1 aliphatic carbocycles. The smallest absolute Gasteiger partial charge is 0.261 e. The molecular weight excluding hydrogens is 386 g/mol. The van der Waals surface area contributed by atoms with Crippen LogP contribution in [0.3, 0.4) is 0 Å². The minimum absolute atomic E-state index is 0.132. The number of hydrogen-bond acceptors (Lipinski definition) is 5. The summed E-state index contributed by atoms with van der Waals surface area (Å²) in [6, 6.07) is 0. The standard InChI is InChI=1S/C19H31NO3S3/c1-6-13(3)26(22,23)17-14(4)16(25-19(17)24-5)18(21)20-11-15-9-7-12(2)8-10-15/h12-13,15H,6-11H2,1-5H3,(H,20,21). The molecule has 0 saturated heterocycles. The van der Waals surface area contributed by atoms with Crippen LogP contribution in [0.1, 0.15) is 68.1 Å². The van der Waals surface area contributed by atoms with E-state index >= 15 is 0 Å². The Morgan fingerprint density at radius 2 is 1.92 bits per heavy atom. The summed E-state index contributed by atoms with van der Waals surface area (Å²) < 4.78 is 26.5. The number of sulfone groups is 1. The fourth-order valence-electron chi connectivity index (χ4n) is 3.42. The molecule has 1 heterocycles. The van der Waals surface area contributed by atoms with Crippen LogP contribution in [0.15, 0.2) is 9.10 Å². The second-order valence-electron chi connectivity index (χ2n) is 7.48. The summed E-state index contributed by atoms with van der Waals surface area (Å²) in [6.45, 7) is 8.35. The van der Waals surface area contributed by atoms with Gasteiger partial charge in [-0.15, -0.1) is 23.1 Å². The van der Waals surface area contributed by atoms with E-state index in [9.17, 15) is 13.2 Å². The van der Waals surface area contributed by atoms with Crippen LogP contribution in [0.2, 0.25) is 0 Å². The van der Waals surface area contributed by atoms with Gasteiger partial charge in [0.1, 0.15) is 0 Å². The summed E-state index contributed by atoms with van der Waals surface area (Å²) in [5, 5.41) is 2.61. The summed E-state index contributed by atoms with van der Waals surface area (Å²) in [6.07, 6.45) is 7.21. The molecule has 1 aromatic heterocycles. The quantitative estimate of drug-likeness (QED) is 0.641. The molecule has 0 aliphatic heterocycles. The Hall–Kier alpha value is -0.530. The van der Waals surface area contributed by atoms with Gasteiger partial charge in [0, 0.05) is 6.54 Å². The van der Waals surface area contributed by atoms with Gasteiger partial charge in [0.15, 0.2) is 9.84 Å². The second-order valence-corrected chi connectivity index (χ2v) is 11.9. The number of nitrogens with one attached hydrogen (secondary N) is 1. The molecule has 1 aliphatic rings. The van der Waals surface area contributed by atoms with Crippen LogP contribution in [-0.4, -0.2) is 32.4 Å². The van der Waals surface area contributed by atoms with E-state index in [0.29, 0.717) is 34.2 Å². The van der Waals surface area contributed by atoms with Gasteiger partial charge in [0.05, 0.1) is 19.2 Å². The first-order valence-electron chi connectivity index (χ1n) is 9.41. The van der Waals surface area contributed by atoms with Crippen molar-refractivity contribution in [3.63, 3.8) is 0 Å². The lowest BCUT2D eigenvalue weighted by Gasteiger charge is -2.26. The number of carbonyl (C=O) groups excluding carboxylic acids is 1. The third-order valence-corrected chi connectivity index (χ3v) is 10.7. The minimum atomic E-state index is -3.41. The average molecular weight is 418 g/mol. The third-order valence-electron chi connectivity index (χ3n) is 5.53. The molecule has 1 unspecified atom stereocenters. The van der Waals surface area contributed by atoms with E-state index in [1.54, 1.807) is 13.8 Å². The molecule has 148 valence electrons. The van der Waals surface area contributed by atoms with Crippen molar-refractivity contribution < 1.29 is 13.2 Å². The molecule has 0 radical (unpaired) electrons. The van der Waals surface area contributed by atoms with E-state index < -0.39 is 15.1 Å². The maximum Gasteiger partial charge on any atom is 0.261 e. The molecule has 7 heteroatoms. The Labute approximate surface area is 166 Å². The highest BCUT2D eigenvalue weighted by Gasteiger charge is 2.32. The predicted molar refractivity (Wildman–Crippen MR) is 111 cm³/mol. The Kier molecular flexibility index (Phi) is 7.62. The van der Waals surface area contributed by atoms with Gasteiger partial charge in [-0.3, -0.25) is 4.79 Å². The van der Waals surface area contributed by atoms with Crippen LogP contribution in [0.4, 0.5) is 0 Å². The number of thioether (sulfide) groups is 1. The first-order valence-corrected chi connectivity index (χ1v) is 13.0. The number of hydrogen-bond donors (Lipinski definition) is 1. The lowest BCUT2D eigenvalue weighted by molar-refractivity contribution is 0.0945. The largest absolute Gasteiger partial charge is 0.351 e. The monoisotopic (exact) mass is 417 g/mol. The zero-order chi connectivity index (χ0) is 19.5. The first kappa shape index (κ1) is 21.8. The Morgan fingerprint density at radius 1 is 1.31 bits per heavy atom. The normalized spacial score (nSPS) is 22.2. The van der Waals surface area contributed by atoms with Gasteiger partial charge in [-0.05, 0) is 56.8 Å². The molecule has 1 N–H and O–H groups in total. The van der Waals surface area contributed by atoms with Crippen molar-refractivity contribution in [2.24, 2.45) is 11.8 Å². The van der Waals surface area contributed by atoms with E-state index in [0.717, 1.165) is 23.0 Å². The number of rotatable bonds is 7. The van der Waals surface area contributed by atoms with E-state index in [1.807, 2.05) is 13.2 Å². The lowest BCUT2D eigenvalue weighted by Crippen LogP contribution is -2.31. The van der Waals surface area contributed by atoms with Crippen LogP contribution in [0.5, 0.6) is 0 Å². The van der Waals surface area contributed by atoms with Crippen molar-refractivity contribution in [3.8, 4) is 0 Å². The summed E-state index contributed by atoms with van der Waals surface area (Å²) in [5.74, 6) is 1.20. The van der Waals surface area contributed by atoms with Gasteiger partial charge in [-0.2, -0.15) is 0 Å². The topological polar surface area (TPSA) is 63.2 Å². The highest BCUT2D eigenvalue weighted by Crippen LogP contribution is 2.40. The molecular formula is C19H31NO3S3. The number of carbonyl (C=O) groups is 1. The van der Waals surface area contributed by atoms with Crippen LogP contribution >= 0.6 is 23.1 Å². The van der Waals surface area contributed by atoms with Gasteiger partial charge in [-0.25, -0.2) is 8.42 Å². The molecule has 1 fully saturated rings. The maximum atomic E-state index is 12.9. The molecule has 0 aromatic carbocycles.